The fourth-order valence-electron chi connectivity index (χ4n) is 3.40. The Labute approximate surface area is 241 Å². The van der Waals surface area contributed by atoms with Crippen molar-refractivity contribution in [1.82, 2.24) is 5.32 Å². The molecule has 6 nitrogen and oxygen atoms in total. The summed E-state index contributed by atoms with van der Waals surface area (Å²) in [4.78, 5) is 26.7. The van der Waals surface area contributed by atoms with E-state index in [-0.39, 0.29) is 35.5 Å². The van der Waals surface area contributed by atoms with Gasteiger partial charge in [0.25, 0.3) is 11.9 Å². The molecule has 1 heterocycles. The van der Waals surface area contributed by atoms with E-state index >= 15 is 0 Å². The smallest absolute Gasteiger partial charge is 0.488 e. The minimum Gasteiger partial charge on any atom is -0.488 e. The number of carboxylic acid groups (broad SMARTS) is 1. The third-order valence-electron chi connectivity index (χ3n) is 4.98. The van der Waals surface area contributed by atoms with Gasteiger partial charge in [-0.15, -0.1) is 12.1 Å². The maximum atomic E-state index is 12.6. The number of carboxylic acids is 1. The molecule has 0 saturated carbocycles. The quantitative estimate of drug-likeness (QED) is 0.241. The molecule has 1 saturated heterocycles. The van der Waals surface area contributed by atoms with Crippen molar-refractivity contribution < 1.29 is 49.0 Å². The Morgan fingerprint density at radius 1 is 1.03 bits per heavy atom. The van der Waals surface area contributed by atoms with Gasteiger partial charge in [0.05, 0.1) is 4.91 Å². The van der Waals surface area contributed by atoms with Crippen LogP contribution < -0.4 is 39.6 Å². The molecule has 1 aliphatic rings. The third kappa shape index (κ3) is 8.33. The van der Waals surface area contributed by atoms with E-state index in [2.05, 4.69) is 34.6 Å². The Bertz CT molecular complexity index is 1440. The molecular formula is C29H23N2NaO4S. The number of carbonyl (C=O) groups is 2. The van der Waals surface area contributed by atoms with Crippen LogP contribution in [0.1, 0.15) is 18.1 Å². The second-order valence-corrected chi connectivity index (χ2v) is 8.80. The Kier molecular flexibility index (Phi) is 10.5. The van der Waals surface area contributed by atoms with Crippen LogP contribution in [0.5, 0.6) is 5.75 Å². The van der Waals surface area contributed by atoms with Crippen LogP contribution in [0, 0.1) is 6.07 Å². The van der Waals surface area contributed by atoms with Crippen LogP contribution in [0.15, 0.2) is 101 Å². The van der Waals surface area contributed by atoms with E-state index in [4.69, 9.17) is 14.6 Å². The monoisotopic (exact) mass is 518 g/mol. The molecule has 4 aromatic rings. The second kappa shape index (κ2) is 13.8. The molecular weight excluding hydrogens is 495 g/mol. The molecule has 0 aromatic heterocycles. The summed E-state index contributed by atoms with van der Waals surface area (Å²) < 4.78 is 6.18. The largest absolute Gasteiger partial charge is 1.00 e. The van der Waals surface area contributed by atoms with Gasteiger partial charge in [0.1, 0.15) is 12.4 Å². The zero-order valence-corrected chi connectivity index (χ0v) is 23.3. The zero-order chi connectivity index (χ0) is 25.3. The summed E-state index contributed by atoms with van der Waals surface area (Å²) >= 11 is 1.32. The van der Waals surface area contributed by atoms with Gasteiger partial charge in [-0.05, 0) is 52.0 Å². The number of benzene rings is 4. The number of hydrogen-bond donors (Lipinski definition) is 2. The van der Waals surface area contributed by atoms with Crippen LogP contribution >= 0.6 is 11.8 Å². The van der Waals surface area contributed by atoms with Crippen molar-refractivity contribution in [3.63, 3.8) is 0 Å². The number of aliphatic imine (C=N–C) groups is 1. The van der Waals surface area contributed by atoms with Crippen molar-refractivity contribution in [3.05, 3.63) is 113 Å². The molecule has 1 fully saturated rings. The Morgan fingerprint density at radius 3 is 2.32 bits per heavy atom. The van der Waals surface area contributed by atoms with Crippen molar-refractivity contribution in [2.45, 2.75) is 13.5 Å². The van der Waals surface area contributed by atoms with Crippen LogP contribution in [0.2, 0.25) is 0 Å². The predicted octanol–water partition coefficient (Wildman–Crippen LogP) is 3.21. The fraction of sp³-hybridized carbons (Fsp3) is 0.0690. The van der Waals surface area contributed by atoms with Crippen molar-refractivity contribution in [2.75, 3.05) is 0 Å². The van der Waals surface area contributed by atoms with E-state index < -0.39 is 5.97 Å². The summed E-state index contributed by atoms with van der Waals surface area (Å²) in [6.07, 6.45) is 1.87. The predicted molar refractivity (Wildman–Crippen MR) is 144 cm³/mol. The maximum Gasteiger partial charge on any atom is 1.00 e. The Morgan fingerprint density at radius 2 is 1.65 bits per heavy atom. The van der Waals surface area contributed by atoms with Gasteiger partial charge in [-0.3, -0.25) is 14.6 Å². The number of thioether (sulfide) groups is 1. The molecule has 0 bridgehead atoms. The molecule has 5 rings (SSSR count). The molecule has 37 heavy (non-hydrogen) atoms. The second-order valence-electron chi connectivity index (χ2n) is 7.77. The first-order chi connectivity index (χ1) is 17.5. The van der Waals surface area contributed by atoms with Crippen molar-refractivity contribution in [2.24, 2.45) is 4.99 Å². The number of nitrogens with zero attached hydrogens (tertiary/aromatic N) is 1. The summed E-state index contributed by atoms with van der Waals surface area (Å²) in [5.41, 5.74) is 2.71. The van der Waals surface area contributed by atoms with E-state index in [1.165, 1.54) is 11.8 Å². The molecule has 4 aromatic carbocycles. The molecule has 0 atom stereocenters. The SMILES string of the molecule is CC(=O)O.O=C1NC(=Nc2cc[c-]cc2)S/C1=C/c1cc2ccccc2cc1OCc1ccccc1.[Na+]. The van der Waals surface area contributed by atoms with Gasteiger partial charge in [0, 0.05) is 12.5 Å². The van der Waals surface area contributed by atoms with E-state index in [0.29, 0.717) is 16.7 Å². The normalized spacial score (nSPS) is 14.5. The number of ether oxygens (including phenoxy) is 1. The number of rotatable bonds is 5. The van der Waals surface area contributed by atoms with Crippen LogP contribution in [-0.2, 0) is 16.2 Å². The molecule has 0 aliphatic carbocycles. The van der Waals surface area contributed by atoms with E-state index in [1.54, 1.807) is 12.1 Å². The molecule has 0 unspecified atom stereocenters. The van der Waals surface area contributed by atoms with Crippen LogP contribution in [0.4, 0.5) is 5.69 Å². The standard InChI is InChI=1S/C27H19N2O2S.C2H4O2.Na/c30-26-25(32-27(29-26)28-23-13-5-2-6-14-23)17-22-15-20-11-7-8-12-21(20)16-24(22)31-18-19-9-3-1-4-10-19;1-2(3)4;/h1,3-17H,18H2,(H,28,29,30);1H3,(H,3,4);/q-1;;+1/b25-17+;;. The van der Waals surface area contributed by atoms with Gasteiger partial charge in [-0.1, -0.05) is 54.6 Å². The van der Waals surface area contributed by atoms with Gasteiger partial charge < -0.3 is 15.2 Å². The van der Waals surface area contributed by atoms with E-state index in [1.807, 2.05) is 66.7 Å². The number of amidine groups is 1. The minimum absolute atomic E-state index is 0. The minimum atomic E-state index is -0.833. The first kappa shape index (κ1) is 28.2. The van der Waals surface area contributed by atoms with Gasteiger partial charge in [-0.25, -0.2) is 0 Å². The van der Waals surface area contributed by atoms with Gasteiger partial charge in [-0.2, -0.15) is 18.2 Å². The van der Waals surface area contributed by atoms with E-state index in [0.717, 1.165) is 40.3 Å². The summed E-state index contributed by atoms with van der Waals surface area (Å²) in [7, 11) is 0. The van der Waals surface area contributed by atoms with Gasteiger partial charge in [0.15, 0.2) is 5.17 Å². The average molecular weight is 519 g/mol. The third-order valence-corrected chi connectivity index (χ3v) is 5.89. The number of carbonyl (C=O) groups excluding carboxylic acids is 1. The first-order valence-corrected chi connectivity index (χ1v) is 11.9. The zero-order valence-electron chi connectivity index (χ0n) is 20.5. The topological polar surface area (TPSA) is 88.0 Å². The first-order valence-electron chi connectivity index (χ1n) is 11.1. The van der Waals surface area contributed by atoms with Crippen molar-refractivity contribution >= 4 is 51.3 Å². The molecule has 2 N–H and O–H groups in total. The number of hydrogen-bond acceptors (Lipinski definition) is 5. The molecule has 0 radical (unpaired) electrons. The summed E-state index contributed by atoms with van der Waals surface area (Å²) in [6.45, 7) is 1.53. The number of aliphatic carboxylic acids is 1. The number of fused-ring (bicyclic) bond motifs is 1. The Balaban J connectivity index is 0.000000711. The fourth-order valence-corrected chi connectivity index (χ4v) is 4.23. The van der Waals surface area contributed by atoms with Crippen LogP contribution in [0.3, 0.4) is 0 Å². The molecule has 1 amide bonds. The van der Waals surface area contributed by atoms with Crippen LogP contribution in [-0.4, -0.2) is 22.2 Å². The average Bonchev–Trinajstić information content (AvgIpc) is 3.21. The van der Waals surface area contributed by atoms with Crippen molar-refractivity contribution in [3.8, 4) is 5.75 Å². The van der Waals surface area contributed by atoms with Gasteiger partial charge >= 0.3 is 29.6 Å². The molecule has 8 heteroatoms. The summed E-state index contributed by atoms with van der Waals surface area (Å²) in [6, 6.07) is 32.5. The molecule has 180 valence electrons. The summed E-state index contributed by atoms with van der Waals surface area (Å²) in [5, 5.41) is 13.0. The van der Waals surface area contributed by atoms with Gasteiger partial charge in [0.2, 0.25) is 0 Å². The van der Waals surface area contributed by atoms with Crippen LogP contribution in [0.25, 0.3) is 16.8 Å². The summed E-state index contributed by atoms with van der Waals surface area (Å²) in [5.74, 6) is -0.268. The van der Waals surface area contributed by atoms with Crippen molar-refractivity contribution in [1.29, 1.82) is 0 Å². The Hall–Kier alpha value is -3.36. The number of nitrogens with one attached hydrogen (secondary N) is 1. The molecule has 1 aliphatic heterocycles. The number of amides is 1. The van der Waals surface area contributed by atoms with E-state index in [9.17, 15) is 4.79 Å². The maximum absolute atomic E-state index is 12.6. The molecule has 0 spiro atoms.